The van der Waals surface area contributed by atoms with Crippen molar-refractivity contribution >= 4 is 17.9 Å². The van der Waals surface area contributed by atoms with E-state index in [0.717, 1.165) is 69.6 Å². The Morgan fingerprint density at radius 2 is 0.593 bits per heavy atom. The molecule has 2 unspecified atom stereocenters. The smallest absolute Gasteiger partial charge is 0.306 e. The van der Waals surface area contributed by atoms with E-state index in [1.54, 1.807) is 0 Å². The standard InChI is InChI=1S/C53H102O6/c1-6-9-10-11-12-23-28-35-40-45-53(56)59-50(47-58-52(55)44-39-34-30-29-32-37-42-49(5)8-3)46-57-51(54)43-38-33-27-25-22-20-18-16-14-13-15-17-19-21-24-26-31-36-41-48(4)7-2/h48-50H,6-47H2,1-5H3/t48?,49?,50-/m0/s1. The van der Waals surface area contributed by atoms with Crippen LogP contribution in [0.2, 0.25) is 0 Å². The van der Waals surface area contributed by atoms with E-state index in [1.807, 2.05) is 0 Å². The quantitative estimate of drug-likeness (QED) is 0.0345. The molecule has 0 N–H and O–H groups in total. The van der Waals surface area contributed by atoms with Crippen molar-refractivity contribution in [3.8, 4) is 0 Å². The summed E-state index contributed by atoms with van der Waals surface area (Å²) in [5.41, 5.74) is 0. The summed E-state index contributed by atoms with van der Waals surface area (Å²) in [5.74, 6) is 0.870. The third kappa shape index (κ3) is 44.3. The summed E-state index contributed by atoms with van der Waals surface area (Å²) < 4.78 is 16.8. The Balaban J connectivity index is 4.13. The first-order chi connectivity index (χ1) is 28.8. The lowest BCUT2D eigenvalue weighted by atomic mass is 9.99. The van der Waals surface area contributed by atoms with Gasteiger partial charge >= 0.3 is 17.9 Å². The van der Waals surface area contributed by atoms with Gasteiger partial charge in [0, 0.05) is 19.3 Å². The molecular weight excluding hydrogens is 733 g/mol. The Morgan fingerprint density at radius 1 is 0.339 bits per heavy atom. The molecule has 0 aliphatic rings. The Bertz CT molecular complexity index is 904. The van der Waals surface area contributed by atoms with Crippen molar-refractivity contribution in [2.24, 2.45) is 11.8 Å². The topological polar surface area (TPSA) is 78.9 Å². The predicted octanol–water partition coefficient (Wildman–Crippen LogP) is 16.9. The number of unbranched alkanes of at least 4 members (excludes halogenated alkanes) is 30. The molecule has 3 atom stereocenters. The largest absolute Gasteiger partial charge is 0.462 e. The number of carbonyl (C=O) groups excluding carboxylic acids is 3. The Morgan fingerprint density at radius 3 is 0.881 bits per heavy atom. The Kier molecular flexibility index (Phi) is 44.7. The minimum Gasteiger partial charge on any atom is -0.462 e. The number of carbonyl (C=O) groups is 3. The minimum absolute atomic E-state index is 0.0645. The first-order valence-corrected chi connectivity index (χ1v) is 26.3. The summed E-state index contributed by atoms with van der Waals surface area (Å²) in [4.78, 5) is 37.8. The fourth-order valence-corrected chi connectivity index (χ4v) is 7.93. The third-order valence-corrected chi connectivity index (χ3v) is 12.7. The summed E-state index contributed by atoms with van der Waals surface area (Å²) in [5, 5.41) is 0. The van der Waals surface area contributed by atoms with Gasteiger partial charge in [-0.05, 0) is 31.1 Å². The second kappa shape index (κ2) is 45.9. The summed E-state index contributed by atoms with van der Waals surface area (Å²) in [6.07, 6.45) is 46.7. The van der Waals surface area contributed by atoms with Crippen molar-refractivity contribution in [3.63, 3.8) is 0 Å². The second-order valence-electron chi connectivity index (χ2n) is 18.6. The SMILES string of the molecule is CCCCCCCCCCCC(=O)O[C@@H](COC(=O)CCCCCCCCCCCCCCCCCCCCC(C)CC)COC(=O)CCCCCCCCC(C)CC. The number of hydrogen-bond donors (Lipinski definition) is 0. The van der Waals surface area contributed by atoms with E-state index >= 15 is 0 Å². The molecule has 0 amide bonds. The zero-order chi connectivity index (χ0) is 43.3. The highest BCUT2D eigenvalue weighted by atomic mass is 16.6. The van der Waals surface area contributed by atoms with Gasteiger partial charge in [0.25, 0.3) is 0 Å². The average molecular weight is 835 g/mol. The van der Waals surface area contributed by atoms with E-state index in [1.165, 1.54) is 180 Å². The van der Waals surface area contributed by atoms with Gasteiger partial charge in [-0.1, -0.05) is 253 Å². The molecule has 59 heavy (non-hydrogen) atoms. The highest BCUT2D eigenvalue weighted by Gasteiger charge is 2.19. The van der Waals surface area contributed by atoms with Crippen molar-refractivity contribution < 1.29 is 28.6 Å². The van der Waals surface area contributed by atoms with Gasteiger partial charge < -0.3 is 14.2 Å². The lowest BCUT2D eigenvalue weighted by Gasteiger charge is -2.18. The maximum atomic E-state index is 12.7. The van der Waals surface area contributed by atoms with Gasteiger partial charge in [0.2, 0.25) is 0 Å². The van der Waals surface area contributed by atoms with Gasteiger partial charge in [-0.3, -0.25) is 14.4 Å². The molecule has 0 spiro atoms. The second-order valence-corrected chi connectivity index (χ2v) is 18.6. The fourth-order valence-electron chi connectivity index (χ4n) is 7.93. The fraction of sp³-hybridized carbons (Fsp3) is 0.943. The lowest BCUT2D eigenvalue weighted by Crippen LogP contribution is -2.30. The third-order valence-electron chi connectivity index (χ3n) is 12.7. The van der Waals surface area contributed by atoms with Gasteiger partial charge in [0.1, 0.15) is 13.2 Å². The van der Waals surface area contributed by atoms with Gasteiger partial charge in [-0.15, -0.1) is 0 Å². The molecule has 0 heterocycles. The van der Waals surface area contributed by atoms with E-state index in [9.17, 15) is 14.4 Å². The summed E-state index contributed by atoms with van der Waals surface area (Å²) in [7, 11) is 0. The van der Waals surface area contributed by atoms with Crippen LogP contribution in [0.15, 0.2) is 0 Å². The van der Waals surface area contributed by atoms with E-state index in [4.69, 9.17) is 14.2 Å². The zero-order valence-electron chi connectivity index (χ0n) is 40.4. The average Bonchev–Trinajstić information content (AvgIpc) is 3.23. The molecule has 0 aromatic rings. The molecule has 0 fully saturated rings. The van der Waals surface area contributed by atoms with Crippen LogP contribution in [0, 0.1) is 11.8 Å². The van der Waals surface area contributed by atoms with Crippen LogP contribution in [-0.2, 0) is 28.6 Å². The van der Waals surface area contributed by atoms with Crippen LogP contribution in [0.5, 0.6) is 0 Å². The Hall–Kier alpha value is -1.59. The van der Waals surface area contributed by atoms with Crippen molar-refractivity contribution in [1.29, 1.82) is 0 Å². The van der Waals surface area contributed by atoms with E-state index in [0.29, 0.717) is 19.3 Å². The molecule has 6 heteroatoms. The molecule has 0 aliphatic carbocycles. The van der Waals surface area contributed by atoms with Crippen LogP contribution in [0.4, 0.5) is 0 Å². The predicted molar refractivity (Wildman–Crippen MR) is 252 cm³/mol. The summed E-state index contributed by atoms with van der Waals surface area (Å²) in [6.45, 7) is 11.4. The molecule has 350 valence electrons. The number of hydrogen-bond acceptors (Lipinski definition) is 6. The number of esters is 3. The Labute approximate surface area is 368 Å². The van der Waals surface area contributed by atoms with Crippen LogP contribution in [0.25, 0.3) is 0 Å². The molecule has 0 aromatic heterocycles. The number of rotatable bonds is 47. The van der Waals surface area contributed by atoms with E-state index in [2.05, 4.69) is 34.6 Å². The van der Waals surface area contributed by atoms with Crippen molar-refractivity contribution in [3.05, 3.63) is 0 Å². The molecule has 0 rings (SSSR count). The first kappa shape index (κ1) is 57.4. The van der Waals surface area contributed by atoms with E-state index < -0.39 is 6.10 Å². The maximum Gasteiger partial charge on any atom is 0.306 e. The van der Waals surface area contributed by atoms with Crippen LogP contribution in [0.3, 0.4) is 0 Å². The van der Waals surface area contributed by atoms with Crippen LogP contribution in [0.1, 0.15) is 291 Å². The highest BCUT2D eigenvalue weighted by Crippen LogP contribution is 2.18. The molecule has 0 aliphatic heterocycles. The van der Waals surface area contributed by atoms with Crippen LogP contribution in [-0.4, -0.2) is 37.2 Å². The molecule has 6 nitrogen and oxygen atoms in total. The maximum absolute atomic E-state index is 12.7. The monoisotopic (exact) mass is 835 g/mol. The summed E-state index contributed by atoms with van der Waals surface area (Å²) >= 11 is 0. The molecule has 0 saturated heterocycles. The first-order valence-electron chi connectivity index (χ1n) is 26.3. The summed E-state index contributed by atoms with van der Waals surface area (Å²) in [6, 6.07) is 0. The van der Waals surface area contributed by atoms with Crippen LogP contribution < -0.4 is 0 Å². The van der Waals surface area contributed by atoms with Crippen molar-refractivity contribution in [2.45, 2.75) is 298 Å². The highest BCUT2D eigenvalue weighted by molar-refractivity contribution is 5.71. The van der Waals surface area contributed by atoms with Crippen LogP contribution >= 0.6 is 0 Å². The van der Waals surface area contributed by atoms with Gasteiger partial charge in [0.15, 0.2) is 6.10 Å². The molecule has 0 saturated carbocycles. The normalized spacial score (nSPS) is 13.0. The van der Waals surface area contributed by atoms with Crippen molar-refractivity contribution in [2.75, 3.05) is 13.2 Å². The lowest BCUT2D eigenvalue weighted by molar-refractivity contribution is -0.167. The van der Waals surface area contributed by atoms with E-state index in [-0.39, 0.29) is 31.1 Å². The van der Waals surface area contributed by atoms with Crippen molar-refractivity contribution in [1.82, 2.24) is 0 Å². The van der Waals surface area contributed by atoms with Gasteiger partial charge in [-0.2, -0.15) is 0 Å². The molecular formula is C53H102O6. The molecule has 0 radical (unpaired) electrons. The molecule has 0 bridgehead atoms. The zero-order valence-corrected chi connectivity index (χ0v) is 40.4. The van der Waals surface area contributed by atoms with Gasteiger partial charge in [-0.25, -0.2) is 0 Å². The number of ether oxygens (including phenoxy) is 3. The minimum atomic E-state index is -0.761. The van der Waals surface area contributed by atoms with Gasteiger partial charge in [0.05, 0.1) is 0 Å². The molecule has 0 aromatic carbocycles.